The van der Waals surface area contributed by atoms with Crippen LogP contribution < -0.4 is 5.32 Å². The average molecular weight is 378 g/mol. The van der Waals surface area contributed by atoms with E-state index in [1.165, 1.54) is 12.8 Å². The summed E-state index contributed by atoms with van der Waals surface area (Å²) >= 11 is 0. The van der Waals surface area contributed by atoms with Gasteiger partial charge in [-0.25, -0.2) is 0 Å². The third-order valence-electron chi connectivity index (χ3n) is 5.66. The van der Waals surface area contributed by atoms with Gasteiger partial charge in [-0.2, -0.15) is 0 Å². The van der Waals surface area contributed by atoms with Crippen molar-refractivity contribution in [3.05, 3.63) is 12.7 Å². The minimum Gasteiger partial charge on any atom is -0.357 e. The number of carbonyl (C=O) groups is 1. The number of carbonyl (C=O) groups excluding carboxylic acids is 1. The number of allylic oxidation sites excluding steroid dienone is 1. The molecule has 2 fully saturated rings. The van der Waals surface area contributed by atoms with E-state index in [-0.39, 0.29) is 0 Å². The van der Waals surface area contributed by atoms with Crippen LogP contribution in [0.3, 0.4) is 0 Å². The SMILES string of the molecule is C=CCCCN(C)C(=NCCN1CCN(C(=O)C2CCCC2)CC1)NCC. The lowest BCUT2D eigenvalue weighted by atomic mass is 10.1. The van der Waals surface area contributed by atoms with E-state index in [1.54, 1.807) is 0 Å². The van der Waals surface area contributed by atoms with E-state index >= 15 is 0 Å². The highest BCUT2D eigenvalue weighted by atomic mass is 16.2. The maximum atomic E-state index is 12.5. The highest BCUT2D eigenvalue weighted by molar-refractivity contribution is 5.80. The molecule has 1 aliphatic carbocycles. The first-order valence-electron chi connectivity index (χ1n) is 10.8. The van der Waals surface area contributed by atoms with Gasteiger partial charge in [-0.3, -0.25) is 14.7 Å². The second-order valence-electron chi connectivity index (χ2n) is 7.74. The number of rotatable bonds is 9. The standard InChI is InChI=1S/C21H39N5O/c1-4-6-9-13-24(3)21(22-5-2)23-12-14-25-15-17-26(18-16-25)20(27)19-10-7-8-11-19/h4,19H,1,5-18H2,2-3H3,(H,22,23). The van der Waals surface area contributed by atoms with Crippen molar-refractivity contribution in [3.8, 4) is 0 Å². The number of unbranched alkanes of at least 4 members (excludes halogenated alkanes) is 1. The molecule has 0 aromatic carbocycles. The van der Waals surface area contributed by atoms with Gasteiger partial charge in [-0.15, -0.1) is 6.58 Å². The van der Waals surface area contributed by atoms with Gasteiger partial charge in [0.05, 0.1) is 6.54 Å². The quantitative estimate of drug-likeness (QED) is 0.290. The molecule has 0 aromatic rings. The van der Waals surface area contributed by atoms with Gasteiger partial charge in [0.15, 0.2) is 5.96 Å². The van der Waals surface area contributed by atoms with Crippen LogP contribution in [0.2, 0.25) is 0 Å². The van der Waals surface area contributed by atoms with Crippen LogP contribution in [-0.2, 0) is 4.79 Å². The zero-order valence-corrected chi connectivity index (χ0v) is 17.5. The first-order valence-corrected chi connectivity index (χ1v) is 10.8. The first kappa shape index (κ1) is 21.7. The molecule has 0 spiro atoms. The van der Waals surface area contributed by atoms with Crippen molar-refractivity contribution in [1.82, 2.24) is 20.0 Å². The van der Waals surface area contributed by atoms with E-state index in [0.717, 1.165) is 84.0 Å². The zero-order valence-electron chi connectivity index (χ0n) is 17.5. The minimum atomic E-state index is 0.306. The second-order valence-corrected chi connectivity index (χ2v) is 7.74. The molecule has 6 nitrogen and oxygen atoms in total. The summed E-state index contributed by atoms with van der Waals surface area (Å²) in [6.45, 7) is 13.2. The van der Waals surface area contributed by atoms with Gasteiger partial charge in [-0.1, -0.05) is 18.9 Å². The van der Waals surface area contributed by atoms with Gasteiger partial charge >= 0.3 is 0 Å². The molecular weight excluding hydrogens is 338 g/mol. The largest absolute Gasteiger partial charge is 0.357 e. The molecule has 6 heteroatoms. The molecule has 2 rings (SSSR count). The monoisotopic (exact) mass is 377 g/mol. The molecular formula is C21H39N5O. The summed E-state index contributed by atoms with van der Waals surface area (Å²) in [5, 5.41) is 3.38. The van der Waals surface area contributed by atoms with Crippen LogP contribution >= 0.6 is 0 Å². The van der Waals surface area contributed by atoms with Crippen molar-refractivity contribution >= 4 is 11.9 Å². The molecule has 1 saturated carbocycles. The highest BCUT2D eigenvalue weighted by Crippen LogP contribution is 2.26. The number of piperazine rings is 1. The maximum absolute atomic E-state index is 12.5. The lowest BCUT2D eigenvalue weighted by Crippen LogP contribution is -2.50. The Kier molecular flexibility index (Phi) is 9.67. The third-order valence-corrected chi connectivity index (χ3v) is 5.66. The fourth-order valence-electron chi connectivity index (χ4n) is 3.97. The van der Waals surface area contributed by atoms with Gasteiger partial charge in [-0.05, 0) is 32.6 Å². The Morgan fingerprint density at radius 3 is 2.59 bits per heavy atom. The van der Waals surface area contributed by atoms with Crippen molar-refractivity contribution in [1.29, 1.82) is 0 Å². The predicted molar refractivity (Wildman–Crippen MR) is 113 cm³/mol. The Labute approximate surface area is 165 Å². The molecule has 0 aromatic heterocycles. The van der Waals surface area contributed by atoms with Gasteiger partial charge in [0, 0.05) is 58.8 Å². The van der Waals surface area contributed by atoms with Crippen molar-refractivity contribution in [2.45, 2.75) is 45.4 Å². The van der Waals surface area contributed by atoms with E-state index in [4.69, 9.17) is 4.99 Å². The number of nitrogens with one attached hydrogen (secondary N) is 1. The molecule has 1 heterocycles. The highest BCUT2D eigenvalue weighted by Gasteiger charge is 2.29. The maximum Gasteiger partial charge on any atom is 0.225 e. The van der Waals surface area contributed by atoms with Crippen molar-refractivity contribution < 1.29 is 4.79 Å². The Morgan fingerprint density at radius 1 is 1.26 bits per heavy atom. The summed E-state index contributed by atoms with van der Waals surface area (Å²) in [6, 6.07) is 0. The molecule has 0 radical (unpaired) electrons. The number of nitrogens with zero attached hydrogens (tertiary/aromatic N) is 4. The lowest BCUT2D eigenvalue weighted by molar-refractivity contribution is -0.137. The van der Waals surface area contributed by atoms with Crippen LogP contribution in [-0.4, -0.2) is 86.0 Å². The van der Waals surface area contributed by atoms with Crippen LogP contribution in [0.25, 0.3) is 0 Å². The minimum absolute atomic E-state index is 0.306. The summed E-state index contributed by atoms with van der Waals surface area (Å²) in [5.74, 6) is 1.69. The molecule has 1 N–H and O–H groups in total. The average Bonchev–Trinajstić information content (AvgIpc) is 3.22. The normalized spacial score (nSPS) is 19.3. The fourth-order valence-corrected chi connectivity index (χ4v) is 3.97. The molecule has 0 unspecified atom stereocenters. The van der Waals surface area contributed by atoms with Crippen LogP contribution in [0.5, 0.6) is 0 Å². The Hall–Kier alpha value is -1.56. The number of hydrogen-bond acceptors (Lipinski definition) is 3. The van der Waals surface area contributed by atoms with E-state index in [9.17, 15) is 4.79 Å². The molecule has 1 saturated heterocycles. The Morgan fingerprint density at radius 2 is 1.96 bits per heavy atom. The van der Waals surface area contributed by atoms with Gasteiger partial charge in [0.1, 0.15) is 0 Å². The Balaban J connectivity index is 1.71. The van der Waals surface area contributed by atoms with Crippen LogP contribution in [0.1, 0.15) is 45.4 Å². The summed E-state index contributed by atoms with van der Waals surface area (Å²) < 4.78 is 0. The van der Waals surface area contributed by atoms with Crippen molar-refractivity contribution in [3.63, 3.8) is 0 Å². The van der Waals surface area contributed by atoms with E-state index in [2.05, 4.69) is 40.6 Å². The van der Waals surface area contributed by atoms with E-state index < -0.39 is 0 Å². The summed E-state index contributed by atoms with van der Waals surface area (Å²) in [6.07, 6.45) is 8.75. The third kappa shape index (κ3) is 7.17. The first-order chi connectivity index (χ1) is 13.2. The topological polar surface area (TPSA) is 51.2 Å². The van der Waals surface area contributed by atoms with E-state index in [1.807, 2.05) is 6.08 Å². The molecule has 154 valence electrons. The van der Waals surface area contributed by atoms with Crippen LogP contribution in [0.15, 0.2) is 17.6 Å². The lowest BCUT2D eigenvalue weighted by Gasteiger charge is -2.35. The number of guanidine groups is 1. The van der Waals surface area contributed by atoms with Gasteiger partial charge < -0.3 is 15.1 Å². The number of aliphatic imine (C=N–C) groups is 1. The molecule has 0 atom stereocenters. The van der Waals surface area contributed by atoms with Gasteiger partial charge in [0.2, 0.25) is 5.91 Å². The molecule has 1 aliphatic heterocycles. The predicted octanol–water partition coefficient (Wildman–Crippen LogP) is 2.18. The Bertz CT molecular complexity index is 479. The summed E-state index contributed by atoms with van der Waals surface area (Å²) in [5.41, 5.74) is 0. The number of hydrogen-bond donors (Lipinski definition) is 1. The van der Waals surface area contributed by atoms with Crippen LogP contribution in [0, 0.1) is 5.92 Å². The van der Waals surface area contributed by atoms with Crippen LogP contribution in [0.4, 0.5) is 0 Å². The fraction of sp³-hybridized carbons (Fsp3) is 0.810. The summed E-state index contributed by atoms with van der Waals surface area (Å²) in [4.78, 5) is 24.0. The zero-order chi connectivity index (χ0) is 19.5. The van der Waals surface area contributed by atoms with Gasteiger partial charge in [0.25, 0.3) is 0 Å². The van der Waals surface area contributed by atoms with E-state index in [0.29, 0.717) is 11.8 Å². The molecule has 2 aliphatic rings. The molecule has 1 amide bonds. The summed E-state index contributed by atoms with van der Waals surface area (Å²) in [7, 11) is 2.10. The van der Waals surface area contributed by atoms with Crippen molar-refractivity contribution in [2.75, 3.05) is 59.4 Å². The number of amides is 1. The second kappa shape index (κ2) is 12.0. The smallest absolute Gasteiger partial charge is 0.225 e. The molecule has 0 bridgehead atoms. The van der Waals surface area contributed by atoms with Crippen molar-refractivity contribution in [2.24, 2.45) is 10.9 Å². The molecule has 27 heavy (non-hydrogen) atoms.